The van der Waals surface area contributed by atoms with Crippen LogP contribution in [-0.2, 0) is 4.79 Å². The molecule has 14 heavy (non-hydrogen) atoms. The number of nitrogens with two attached hydrogens (primary N) is 3. The van der Waals surface area contributed by atoms with Crippen LogP contribution in [0.5, 0.6) is 0 Å². The number of carboxylic acid groups (broad SMARTS) is 1. The van der Waals surface area contributed by atoms with Crippen molar-refractivity contribution in [2.75, 3.05) is 0 Å². The third kappa shape index (κ3) is 5.47. The zero-order chi connectivity index (χ0) is 11.4. The average molecular weight is 194 g/mol. The van der Waals surface area contributed by atoms with E-state index in [-0.39, 0.29) is 18.8 Å². The molecule has 0 aromatic heterocycles. The van der Waals surface area contributed by atoms with Gasteiger partial charge in [0.05, 0.1) is 15.7 Å². The maximum atomic E-state index is 10.3. The Morgan fingerprint density at radius 1 is 1.50 bits per heavy atom. The summed E-state index contributed by atoms with van der Waals surface area (Å²) in [6.45, 7) is 0. The molecule has 74 valence electrons. The van der Waals surface area contributed by atoms with E-state index in [4.69, 9.17) is 38.0 Å². The Balaban J connectivity index is 4.12. The molecule has 0 saturated heterocycles. The molecular formula is C6H12B2N4O2. The number of carbonyl (C=O) groups is 1. The maximum absolute atomic E-state index is 10.3. The first-order valence-corrected chi connectivity index (χ1v) is 3.91. The third-order valence-corrected chi connectivity index (χ3v) is 1.51. The summed E-state index contributed by atoms with van der Waals surface area (Å²) in [5.41, 5.74) is 15.4. The Hall–Kier alpha value is -1.17. The van der Waals surface area contributed by atoms with Crippen molar-refractivity contribution in [3.8, 4) is 0 Å². The highest BCUT2D eigenvalue weighted by atomic mass is 16.4. The number of hydrogen-bond acceptors (Lipinski definition) is 3. The minimum atomic E-state index is -1.47. The van der Waals surface area contributed by atoms with Crippen LogP contribution in [0.3, 0.4) is 0 Å². The monoisotopic (exact) mass is 194 g/mol. The Bertz CT molecular complexity index is 240. The summed E-state index contributed by atoms with van der Waals surface area (Å²) in [5, 5.41) is 7.00. The lowest BCUT2D eigenvalue weighted by atomic mass is 9.60. The molecular weight excluding hydrogens is 182 g/mol. The Morgan fingerprint density at radius 2 is 2.00 bits per heavy atom. The Morgan fingerprint density at radius 3 is 2.36 bits per heavy atom. The van der Waals surface area contributed by atoms with Gasteiger partial charge in [-0.25, -0.2) is 0 Å². The number of carboxylic acids is 1. The van der Waals surface area contributed by atoms with E-state index in [0.717, 1.165) is 0 Å². The second-order valence-corrected chi connectivity index (χ2v) is 3.01. The van der Waals surface area contributed by atoms with Gasteiger partial charge in [-0.15, -0.1) is 0 Å². The summed E-state index contributed by atoms with van der Waals surface area (Å²) >= 11 is 0. The number of aliphatic carboxylic acids is 1. The van der Waals surface area contributed by atoms with E-state index in [0.29, 0.717) is 0 Å². The van der Waals surface area contributed by atoms with E-state index in [9.17, 15) is 4.79 Å². The molecule has 0 fully saturated rings. The highest BCUT2D eigenvalue weighted by Gasteiger charge is 2.19. The summed E-state index contributed by atoms with van der Waals surface area (Å²) in [5.74, 6) is -1.37. The van der Waals surface area contributed by atoms with Crippen LogP contribution in [0, 0.1) is 0 Å². The standard InChI is InChI=1S/C6H12B2N4O2/c7-6(8,12-5(10)11)2-1-3(9)4(13)14/h3H,1-2,9H2,(H,13,14)(H4,10,11,12)/t3-/m0/s1. The topological polar surface area (TPSA) is 128 Å². The molecule has 0 aromatic carbocycles. The number of aliphatic imine (C=N–C) groups is 1. The number of guanidine groups is 1. The quantitative estimate of drug-likeness (QED) is 0.217. The van der Waals surface area contributed by atoms with Crippen molar-refractivity contribution in [3.05, 3.63) is 0 Å². The summed E-state index contributed by atoms with van der Waals surface area (Å²) in [4.78, 5) is 13.9. The van der Waals surface area contributed by atoms with Crippen molar-refractivity contribution in [2.45, 2.75) is 24.2 Å². The van der Waals surface area contributed by atoms with E-state index in [1.54, 1.807) is 0 Å². The fraction of sp³-hybridized carbons (Fsp3) is 0.667. The minimum absolute atomic E-state index is 0.0817. The van der Waals surface area contributed by atoms with Crippen LogP contribution in [0.4, 0.5) is 0 Å². The number of hydrogen-bond donors (Lipinski definition) is 4. The molecule has 6 nitrogen and oxygen atoms in total. The van der Waals surface area contributed by atoms with E-state index in [1.165, 1.54) is 0 Å². The van der Waals surface area contributed by atoms with Crippen LogP contribution >= 0.6 is 0 Å². The summed E-state index contributed by atoms with van der Waals surface area (Å²) in [6, 6.07) is -1.02. The molecule has 0 unspecified atom stereocenters. The molecule has 8 heteroatoms. The van der Waals surface area contributed by atoms with Crippen molar-refractivity contribution in [2.24, 2.45) is 22.2 Å². The molecule has 1 atom stereocenters. The van der Waals surface area contributed by atoms with E-state index in [1.807, 2.05) is 0 Å². The van der Waals surface area contributed by atoms with Gasteiger partial charge in [0, 0.05) is 0 Å². The maximum Gasteiger partial charge on any atom is 0.320 e. The van der Waals surface area contributed by atoms with E-state index >= 15 is 0 Å². The molecule has 7 N–H and O–H groups in total. The first-order valence-electron chi connectivity index (χ1n) is 3.91. The molecule has 4 radical (unpaired) electrons. The van der Waals surface area contributed by atoms with Gasteiger partial charge in [0.1, 0.15) is 6.04 Å². The molecule has 0 bridgehead atoms. The van der Waals surface area contributed by atoms with Gasteiger partial charge in [-0.2, -0.15) is 0 Å². The fourth-order valence-corrected chi connectivity index (χ4v) is 0.806. The minimum Gasteiger partial charge on any atom is -0.480 e. The molecule has 0 saturated carbocycles. The lowest BCUT2D eigenvalue weighted by molar-refractivity contribution is -0.138. The molecule has 0 aliphatic heterocycles. The second kappa shape index (κ2) is 4.90. The molecule has 0 aromatic rings. The first kappa shape index (κ1) is 12.8. The van der Waals surface area contributed by atoms with Crippen molar-refractivity contribution in [1.29, 1.82) is 0 Å². The largest absolute Gasteiger partial charge is 0.480 e. The molecule has 0 aliphatic rings. The molecule has 0 amide bonds. The summed E-state index contributed by atoms with van der Waals surface area (Å²) < 4.78 is 0. The van der Waals surface area contributed by atoms with Gasteiger partial charge in [-0.05, 0) is 18.2 Å². The molecule has 0 spiro atoms. The predicted octanol–water partition coefficient (Wildman–Crippen LogP) is -2.56. The van der Waals surface area contributed by atoms with E-state index < -0.39 is 17.3 Å². The normalized spacial score (nSPS) is 13.2. The summed E-state index contributed by atoms with van der Waals surface area (Å²) in [6.07, 6.45) is 0.178. The van der Waals surface area contributed by atoms with Crippen molar-refractivity contribution < 1.29 is 9.90 Å². The first-order chi connectivity index (χ1) is 6.24. The van der Waals surface area contributed by atoms with Crippen molar-refractivity contribution >= 4 is 27.6 Å². The van der Waals surface area contributed by atoms with Crippen LogP contribution in [0.2, 0.25) is 0 Å². The van der Waals surface area contributed by atoms with Gasteiger partial charge < -0.3 is 22.3 Å². The van der Waals surface area contributed by atoms with Crippen LogP contribution in [0.15, 0.2) is 4.99 Å². The zero-order valence-corrected chi connectivity index (χ0v) is 7.68. The molecule has 0 heterocycles. The molecule has 0 aliphatic carbocycles. The van der Waals surface area contributed by atoms with Crippen LogP contribution < -0.4 is 17.2 Å². The van der Waals surface area contributed by atoms with Gasteiger partial charge in [-0.1, -0.05) is 0 Å². The lowest BCUT2D eigenvalue weighted by Crippen LogP contribution is -2.38. The SMILES string of the molecule is [B]C([B])(CC[C@H](N)C(=O)O)N=C(N)N. The smallest absolute Gasteiger partial charge is 0.320 e. The number of nitrogens with zero attached hydrogens (tertiary/aromatic N) is 1. The van der Waals surface area contributed by atoms with Crippen LogP contribution in [-0.4, -0.2) is 44.1 Å². The van der Waals surface area contributed by atoms with Gasteiger partial charge in [-0.3, -0.25) is 9.79 Å². The average Bonchev–Trinajstić information content (AvgIpc) is 1.97. The lowest BCUT2D eigenvalue weighted by Gasteiger charge is -2.21. The fourth-order valence-electron chi connectivity index (χ4n) is 0.806. The predicted molar refractivity (Wildman–Crippen MR) is 54.9 cm³/mol. The van der Waals surface area contributed by atoms with Gasteiger partial charge in [0.15, 0.2) is 5.96 Å². The Kier molecular flexibility index (Phi) is 4.49. The second-order valence-electron chi connectivity index (χ2n) is 3.01. The third-order valence-electron chi connectivity index (χ3n) is 1.51. The Labute approximate surface area is 84.7 Å². The van der Waals surface area contributed by atoms with Gasteiger partial charge >= 0.3 is 5.97 Å². The summed E-state index contributed by atoms with van der Waals surface area (Å²) in [7, 11) is 10.9. The van der Waals surface area contributed by atoms with E-state index in [2.05, 4.69) is 4.99 Å². The van der Waals surface area contributed by atoms with Crippen molar-refractivity contribution in [1.82, 2.24) is 0 Å². The zero-order valence-electron chi connectivity index (χ0n) is 7.68. The van der Waals surface area contributed by atoms with Gasteiger partial charge in [0.2, 0.25) is 0 Å². The van der Waals surface area contributed by atoms with Gasteiger partial charge in [0.25, 0.3) is 0 Å². The van der Waals surface area contributed by atoms with Crippen LogP contribution in [0.1, 0.15) is 12.8 Å². The highest BCUT2D eigenvalue weighted by molar-refractivity contribution is 6.40. The van der Waals surface area contributed by atoms with Crippen LogP contribution in [0.25, 0.3) is 0 Å². The molecule has 0 rings (SSSR count). The number of rotatable bonds is 5. The highest BCUT2D eigenvalue weighted by Crippen LogP contribution is 2.10. The van der Waals surface area contributed by atoms with Crippen molar-refractivity contribution in [3.63, 3.8) is 0 Å².